The van der Waals surface area contributed by atoms with Gasteiger partial charge in [0.2, 0.25) is 0 Å². The minimum atomic E-state index is -1.39. The molecule has 0 aliphatic carbocycles. The van der Waals surface area contributed by atoms with Crippen LogP contribution in [0, 0.1) is 0 Å². The molecule has 0 aliphatic heterocycles. The van der Waals surface area contributed by atoms with Crippen LogP contribution in [0.25, 0.3) is 10.9 Å². The molecule has 0 saturated heterocycles. The first kappa shape index (κ1) is 14.0. The lowest BCUT2D eigenvalue weighted by atomic mass is 10.2. The third-order valence-corrected chi connectivity index (χ3v) is 2.90. The molecule has 7 nitrogen and oxygen atoms in total. The number of hydrogen-bond acceptors (Lipinski definition) is 5. The number of methoxy groups -OCH3 is 1. The van der Waals surface area contributed by atoms with E-state index >= 15 is 0 Å². The molecule has 0 saturated carbocycles. The second-order valence-electron chi connectivity index (χ2n) is 4.24. The van der Waals surface area contributed by atoms with Gasteiger partial charge in [-0.3, -0.25) is 9.48 Å². The summed E-state index contributed by atoms with van der Waals surface area (Å²) < 4.78 is 5.96. The van der Waals surface area contributed by atoms with Gasteiger partial charge in [0.15, 0.2) is 11.8 Å². The SMILES string of the molecule is COC(=O)C(O)CNC(=O)c1nn(C)c2ccccc12. The van der Waals surface area contributed by atoms with Crippen LogP contribution in [0.3, 0.4) is 0 Å². The number of aryl methyl sites for hydroxylation is 1. The summed E-state index contributed by atoms with van der Waals surface area (Å²) in [5.74, 6) is -1.25. The predicted molar refractivity (Wildman–Crippen MR) is 71.1 cm³/mol. The Morgan fingerprint density at radius 3 is 2.85 bits per heavy atom. The second-order valence-corrected chi connectivity index (χ2v) is 4.24. The molecule has 1 unspecified atom stereocenters. The Bertz CT molecular complexity index is 650. The Morgan fingerprint density at radius 2 is 2.15 bits per heavy atom. The highest BCUT2D eigenvalue weighted by Gasteiger charge is 2.19. The number of nitrogens with zero attached hydrogens (tertiary/aromatic N) is 2. The van der Waals surface area contributed by atoms with Crippen LogP contribution in [0.4, 0.5) is 0 Å². The molecule has 1 heterocycles. The highest BCUT2D eigenvalue weighted by molar-refractivity contribution is 6.04. The lowest BCUT2D eigenvalue weighted by Gasteiger charge is -2.08. The second kappa shape index (κ2) is 5.70. The van der Waals surface area contributed by atoms with Gasteiger partial charge in [0.1, 0.15) is 0 Å². The van der Waals surface area contributed by atoms with Crippen molar-refractivity contribution in [1.82, 2.24) is 15.1 Å². The van der Waals surface area contributed by atoms with E-state index in [9.17, 15) is 14.7 Å². The van der Waals surface area contributed by atoms with Gasteiger partial charge in [-0.1, -0.05) is 18.2 Å². The number of benzene rings is 1. The van der Waals surface area contributed by atoms with Gasteiger partial charge < -0.3 is 15.2 Å². The van der Waals surface area contributed by atoms with Crippen LogP contribution in [-0.2, 0) is 16.6 Å². The van der Waals surface area contributed by atoms with Crippen molar-refractivity contribution in [2.45, 2.75) is 6.10 Å². The molecule has 0 bridgehead atoms. The fourth-order valence-electron chi connectivity index (χ4n) is 1.87. The summed E-state index contributed by atoms with van der Waals surface area (Å²) in [6.07, 6.45) is -1.39. The number of aliphatic hydroxyl groups is 1. The summed E-state index contributed by atoms with van der Waals surface area (Å²) in [6.45, 7) is -0.226. The number of aromatic nitrogens is 2. The van der Waals surface area contributed by atoms with E-state index in [1.807, 2.05) is 18.2 Å². The molecule has 0 radical (unpaired) electrons. The van der Waals surface area contributed by atoms with E-state index in [4.69, 9.17) is 0 Å². The van der Waals surface area contributed by atoms with Crippen molar-refractivity contribution in [2.24, 2.45) is 7.05 Å². The van der Waals surface area contributed by atoms with E-state index < -0.39 is 18.0 Å². The smallest absolute Gasteiger partial charge is 0.336 e. The average Bonchev–Trinajstić information content (AvgIpc) is 2.81. The van der Waals surface area contributed by atoms with Gasteiger partial charge in [-0.05, 0) is 6.07 Å². The van der Waals surface area contributed by atoms with Crippen molar-refractivity contribution in [2.75, 3.05) is 13.7 Å². The van der Waals surface area contributed by atoms with E-state index in [1.54, 1.807) is 17.8 Å². The lowest BCUT2D eigenvalue weighted by Crippen LogP contribution is -2.37. The van der Waals surface area contributed by atoms with Gasteiger partial charge >= 0.3 is 5.97 Å². The Balaban J connectivity index is 2.14. The summed E-state index contributed by atoms with van der Waals surface area (Å²) >= 11 is 0. The minimum absolute atomic E-state index is 0.226. The van der Waals surface area contributed by atoms with E-state index in [1.165, 1.54) is 7.11 Å². The van der Waals surface area contributed by atoms with Crippen molar-refractivity contribution in [1.29, 1.82) is 0 Å². The zero-order valence-electron chi connectivity index (χ0n) is 11.2. The fraction of sp³-hybridized carbons (Fsp3) is 0.308. The number of fused-ring (bicyclic) bond motifs is 1. The molecule has 106 valence electrons. The molecule has 2 rings (SSSR count). The fourth-order valence-corrected chi connectivity index (χ4v) is 1.87. The molecular formula is C13H15N3O4. The first-order valence-corrected chi connectivity index (χ1v) is 6.00. The van der Waals surface area contributed by atoms with Crippen LogP contribution in [-0.4, -0.2) is 46.5 Å². The van der Waals surface area contributed by atoms with E-state index in [0.29, 0.717) is 5.39 Å². The standard InChI is InChI=1S/C13H15N3O4/c1-16-9-6-4-3-5-8(9)11(15-16)12(18)14-7-10(17)13(19)20-2/h3-6,10,17H,7H2,1-2H3,(H,14,18). The Hall–Kier alpha value is -2.41. The molecule has 0 spiro atoms. The topological polar surface area (TPSA) is 93.4 Å². The van der Waals surface area contributed by atoms with Crippen LogP contribution in [0.5, 0.6) is 0 Å². The summed E-state index contributed by atoms with van der Waals surface area (Å²) in [7, 11) is 2.90. The molecule has 1 aromatic heterocycles. The summed E-state index contributed by atoms with van der Waals surface area (Å²) in [4.78, 5) is 23.1. The molecule has 1 aromatic carbocycles. The molecular weight excluding hydrogens is 262 g/mol. The maximum atomic E-state index is 12.0. The van der Waals surface area contributed by atoms with Crippen LogP contribution >= 0.6 is 0 Å². The summed E-state index contributed by atoms with van der Waals surface area (Å²) in [5.41, 5.74) is 1.08. The molecule has 0 aliphatic rings. The Kier molecular flexibility index (Phi) is 3.99. The molecule has 20 heavy (non-hydrogen) atoms. The number of carbonyl (C=O) groups excluding carboxylic acids is 2. The van der Waals surface area contributed by atoms with E-state index in [-0.39, 0.29) is 12.2 Å². The third kappa shape index (κ3) is 2.62. The third-order valence-electron chi connectivity index (χ3n) is 2.90. The number of rotatable bonds is 4. The first-order valence-electron chi connectivity index (χ1n) is 6.00. The molecule has 0 fully saturated rings. The number of aliphatic hydroxyl groups excluding tert-OH is 1. The van der Waals surface area contributed by atoms with Gasteiger partial charge in [0.05, 0.1) is 19.2 Å². The average molecular weight is 277 g/mol. The van der Waals surface area contributed by atoms with Crippen molar-refractivity contribution < 1.29 is 19.4 Å². The maximum Gasteiger partial charge on any atom is 0.336 e. The van der Waals surface area contributed by atoms with Crippen molar-refractivity contribution in [3.63, 3.8) is 0 Å². The van der Waals surface area contributed by atoms with Gasteiger partial charge in [0, 0.05) is 12.4 Å². The number of carbonyl (C=O) groups is 2. The summed E-state index contributed by atoms with van der Waals surface area (Å²) in [5, 5.41) is 16.7. The Labute approximate surface area is 115 Å². The minimum Gasteiger partial charge on any atom is -0.467 e. The maximum absolute atomic E-state index is 12.0. The van der Waals surface area contributed by atoms with Crippen LogP contribution in [0.1, 0.15) is 10.5 Å². The van der Waals surface area contributed by atoms with Crippen molar-refractivity contribution >= 4 is 22.8 Å². The van der Waals surface area contributed by atoms with Gasteiger partial charge in [-0.25, -0.2) is 4.79 Å². The number of ether oxygens (including phenoxy) is 1. The molecule has 2 aromatic rings. The van der Waals surface area contributed by atoms with Crippen molar-refractivity contribution in [3.8, 4) is 0 Å². The highest BCUT2D eigenvalue weighted by atomic mass is 16.5. The van der Waals surface area contributed by atoms with Gasteiger partial charge in [0.25, 0.3) is 5.91 Å². The van der Waals surface area contributed by atoms with Gasteiger partial charge in [-0.2, -0.15) is 5.10 Å². The quantitative estimate of drug-likeness (QED) is 0.757. The lowest BCUT2D eigenvalue weighted by molar-refractivity contribution is -0.149. The molecule has 7 heteroatoms. The highest BCUT2D eigenvalue weighted by Crippen LogP contribution is 2.17. The van der Waals surface area contributed by atoms with E-state index in [0.717, 1.165) is 5.52 Å². The number of amides is 1. The van der Waals surface area contributed by atoms with E-state index in [2.05, 4.69) is 15.2 Å². The molecule has 2 N–H and O–H groups in total. The normalized spacial score (nSPS) is 12.2. The number of nitrogens with one attached hydrogen (secondary N) is 1. The van der Waals surface area contributed by atoms with Crippen LogP contribution < -0.4 is 5.32 Å². The van der Waals surface area contributed by atoms with Gasteiger partial charge in [-0.15, -0.1) is 0 Å². The summed E-state index contributed by atoms with van der Waals surface area (Å²) in [6, 6.07) is 7.30. The first-order chi connectivity index (χ1) is 9.54. The van der Waals surface area contributed by atoms with Crippen molar-refractivity contribution in [3.05, 3.63) is 30.0 Å². The monoisotopic (exact) mass is 277 g/mol. The van der Waals surface area contributed by atoms with Crippen LogP contribution in [0.15, 0.2) is 24.3 Å². The zero-order chi connectivity index (χ0) is 14.7. The number of hydrogen-bond donors (Lipinski definition) is 2. The van der Waals surface area contributed by atoms with Crippen LogP contribution in [0.2, 0.25) is 0 Å². The Morgan fingerprint density at radius 1 is 1.45 bits per heavy atom. The number of para-hydroxylation sites is 1. The largest absolute Gasteiger partial charge is 0.467 e. The molecule has 1 atom stereocenters. The zero-order valence-corrected chi connectivity index (χ0v) is 11.2. The number of esters is 1. The predicted octanol–water partition coefficient (Wildman–Crippen LogP) is -0.163. The molecule has 1 amide bonds.